The van der Waals surface area contributed by atoms with Crippen molar-refractivity contribution in [1.29, 1.82) is 5.26 Å². The van der Waals surface area contributed by atoms with Crippen molar-refractivity contribution in [3.05, 3.63) is 70.0 Å². The summed E-state index contributed by atoms with van der Waals surface area (Å²) in [5, 5.41) is 14.2. The maximum absolute atomic E-state index is 10.2. The minimum Gasteiger partial charge on any atom is -0.282 e. The van der Waals surface area contributed by atoms with E-state index in [2.05, 4.69) is 6.07 Å². The molecule has 1 fully saturated rings. The number of rotatable bonds is 4. The molecule has 1 aromatic heterocycles. The van der Waals surface area contributed by atoms with Crippen molar-refractivity contribution in [3.63, 3.8) is 0 Å². The van der Waals surface area contributed by atoms with Gasteiger partial charge in [0.2, 0.25) is 0 Å². The molecule has 2 aromatic carbocycles. The van der Waals surface area contributed by atoms with Gasteiger partial charge in [-0.05, 0) is 55.7 Å². The van der Waals surface area contributed by atoms with Gasteiger partial charge < -0.3 is 0 Å². The van der Waals surface area contributed by atoms with E-state index >= 15 is 0 Å². The third kappa shape index (κ3) is 3.80. The van der Waals surface area contributed by atoms with Gasteiger partial charge in [0.1, 0.15) is 6.07 Å². The zero-order chi connectivity index (χ0) is 21.5. The Morgan fingerprint density at radius 3 is 2.50 bits per heavy atom. The molecule has 2 N–H and O–H groups in total. The van der Waals surface area contributed by atoms with Gasteiger partial charge in [-0.25, -0.2) is 0 Å². The van der Waals surface area contributed by atoms with E-state index in [-0.39, 0.29) is 0 Å². The maximum atomic E-state index is 10.2. The third-order valence-corrected chi connectivity index (χ3v) is 7.70. The molecule has 1 aliphatic rings. The minimum atomic E-state index is -2.68. The van der Waals surface area contributed by atoms with E-state index in [0.717, 1.165) is 40.2 Å². The summed E-state index contributed by atoms with van der Waals surface area (Å²) in [6.45, 7) is 5.25. The topological polar surface area (TPSA) is 85.3 Å². The monoisotopic (exact) mass is 442 g/mol. The number of hydrogen-bond acceptors (Lipinski definition) is 5. The van der Waals surface area contributed by atoms with Gasteiger partial charge in [0, 0.05) is 17.8 Å². The van der Waals surface area contributed by atoms with Gasteiger partial charge in [0.25, 0.3) is 0 Å². The lowest BCUT2D eigenvalue weighted by atomic mass is 10.0. The van der Waals surface area contributed by atoms with Crippen molar-refractivity contribution in [2.75, 3.05) is 16.6 Å². The molecule has 0 spiro atoms. The predicted octanol–water partition coefficient (Wildman–Crippen LogP) is 5.62. The van der Waals surface area contributed by atoms with Gasteiger partial charge in [0.15, 0.2) is 0 Å². The zero-order valence-electron chi connectivity index (χ0n) is 16.8. The summed E-state index contributed by atoms with van der Waals surface area (Å²) in [6.07, 6.45) is 0.790. The van der Waals surface area contributed by atoms with E-state index in [0.29, 0.717) is 29.4 Å². The minimum absolute atomic E-state index is 0.433. The number of hydrogen-bond donors (Lipinski definition) is 2. The second-order valence-electron chi connectivity index (χ2n) is 7.47. The van der Waals surface area contributed by atoms with Crippen LogP contribution in [0.5, 0.6) is 0 Å². The Labute approximate surface area is 182 Å². The Kier molecular flexibility index (Phi) is 5.51. The number of aromatic nitrogens is 2. The largest absolute Gasteiger partial charge is 0.282 e. The lowest BCUT2D eigenvalue weighted by Gasteiger charge is -2.38. The van der Waals surface area contributed by atoms with E-state index in [9.17, 15) is 9.11 Å². The fourth-order valence-corrected chi connectivity index (χ4v) is 5.77. The molecule has 0 atom stereocenters. The van der Waals surface area contributed by atoms with Crippen LogP contribution in [-0.2, 0) is 6.54 Å². The highest BCUT2D eigenvalue weighted by Gasteiger charge is 2.28. The molecule has 30 heavy (non-hydrogen) atoms. The van der Waals surface area contributed by atoms with Crippen LogP contribution in [0.4, 0.5) is 5.69 Å². The standard InChI is InChI=1S/C22H23ClN4O2S/c1-15-22(18-6-7-19(13-24)21(23)12-18)16(2)26(25-15)14-17-4-8-20(9-5-17)27-10-3-11-30(27,28)29/h4-9,12,28-29H,3,10-11,14H2,1-2H3. The number of benzene rings is 2. The van der Waals surface area contributed by atoms with Gasteiger partial charge in [-0.15, -0.1) is 10.8 Å². The van der Waals surface area contributed by atoms with Crippen molar-refractivity contribution >= 4 is 28.1 Å². The Hall–Kier alpha value is -2.50. The molecule has 0 saturated carbocycles. The fourth-order valence-electron chi connectivity index (χ4n) is 3.93. The Morgan fingerprint density at radius 2 is 1.90 bits per heavy atom. The second kappa shape index (κ2) is 7.97. The SMILES string of the molecule is Cc1nn(Cc2ccc(N3CCCS3(O)O)cc2)c(C)c1-c1ccc(C#N)c(Cl)c1. The first-order valence-electron chi connectivity index (χ1n) is 9.67. The van der Waals surface area contributed by atoms with E-state index < -0.39 is 10.8 Å². The lowest BCUT2D eigenvalue weighted by Crippen LogP contribution is -2.21. The Morgan fingerprint density at radius 1 is 1.17 bits per heavy atom. The molecule has 0 radical (unpaired) electrons. The highest BCUT2D eigenvalue weighted by Crippen LogP contribution is 2.50. The highest BCUT2D eigenvalue weighted by molar-refractivity contribution is 8.25. The van der Waals surface area contributed by atoms with Crippen LogP contribution >= 0.6 is 22.4 Å². The van der Waals surface area contributed by atoms with Gasteiger partial charge in [-0.3, -0.25) is 18.1 Å². The molecule has 4 rings (SSSR count). The smallest absolute Gasteiger partial charge is 0.101 e. The van der Waals surface area contributed by atoms with Crippen LogP contribution in [0.2, 0.25) is 5.02 Å². The molecule has 0 bridgehead atoms. The van der Waals surface area contributed by atoms with Crippen LogP contribution in [0.1, 0.15) is 28.9 Å². The average Bonchev–Trinajstić information content (AvgIpc) is 3.20. The van der Waals surface area contributed by atoms with Crippen LogP contribution in [0.3, 0.4) is 0 Å². The van der Waals surface area contributed by atoms with Crippen LogP contribution in [0, 0.1) is 25.2 Å². The molecule has 1 aliphatic heterocycles. The van der Waals surface area contributed by atoms with Crippen molar-refractivity contribution in [2.45, 2.75) is 26.8 Å². The molecule has 8 heteroatoms. The van der Waals surface area contributed by atoms with E-state index in [4.69, 9.17) is 22.0 Å². The van der Waals surface area contributed by atoms with Crippen molar-refractivity contribution in [3.8, 4) is 17.2 Å². The molecule has 156 valence electrons. The maximum Gasteiger partial charge on any atom is 0.101 e. The molecule has 0 amide bonds. The summed E-state index contributed by atoms with van der Waals surface area (Å²) in [4.78, 5) is 0. The molecule has 2 heterocycles. The predicted molar refractivity (Wildman–Crippen MR) is 122 cm³/mol. The van der Waals surface area contributed by atoms with Gasteiger partial charge in [0.05, 0.1) is 34.3 Å². The van der Waals surface area contributed by atoms with Crippen molar-refractivity contribution < 1.29 is 9.11 Å². The molecule has 0 unspecified atom stereocenters. The Balaban J connectivity index is 1.58. The Bertz CT molecular complexity index is 1140. The van der Waals surface area contributed by atoms with Gasteiger partial charge >= 0.3 is 0 Å². The van der Waals surface area contributed by atoms with Crippen molar-refractivity contribution in [2.24, 2.45) is 0 Å². The third-order valence-electron chi connectivity index (χ3n) is 5.45. The van der Waals surface area contributed by atoms with Crippen molar-refractivity contribution in [1.82, 2.24) is 9.78 Å². The summed E-state index contributed by atoms with van der Waals surface area (Å²) >= 11 is 6.22. The molecule has 0 aliphatic carbocycles. The molecular weight excluding hydrogens is 420 g/mol. The molecule has 1 saturated heterocycles. The summed E-state index contributed by atoms with van der Waals surface area (Å²) < 4.78 is 24.0. The van der Waals surface area contributed by atoms with E-state index in [1.165, 1.54) is 0 Å². The lowest BCUT2D eigenvalue weighted by molar-refractivity contribution is 0.491. The van der Waals surface area contributed by atoms with Crippen LogP contribution in [0.15, 0.2) is 42.5 Å². The van der Waals surface area contributed by atoms with E-state index in [1.807, 2.05) is 54.9 Å². The number of nitriles is 1. The van der Waals surface area contributed by atoms with Gasteiger partial charge in [-0.1, -0.05) is 29.8 Å². The number of nitrogens with zero attached hydrogens (tertiary/aromatic N) is 4. The molecular formula is C22H23ClN4O2S. The number of aryl methyl sites for hydroxylation is 1. The summed E-state index contributed by atoms with van der Waals surface area (Å²) in [5.74, 6) is 0.433. The summed E-state index contributed by atoms with van der Waals surface area (Å²) in [7, 11) is -2.68. The molecule has 6 nitrogen and oxygen atoms in total. The number of halogens is 1. The normalized spacial score (nSPS) is 16.5. The number of anilines is 1. The van der Waals surface area contributed by atoms with E-state index in [1.54, 1.807) is 10.4 Å². The first-order valence-corrected chi connectivity index (χ1v) is 11.7. The fraction of sp³-hybridized carbons (Fsp3) is 0.273. The first kappa shape index (κ1) is 20.8. The zero-order valence-corrected chi connectivity index (χ0v) is 18.4. The van der Waals surface area contributed by atoms with Crippen LogP contribution < -0.4 is 4.31 Å². The molecule has 3 aromatic rings. The van der Waals surface area contributed by atoms with Gasteiger partial charge in [-0.2, -0.15) is 10.4 Å². The first-order chi connectivity index (χ1) is 14.3. The second-order valence-corrected chi connectivity index (χ2v) is 9.99. The van der Waals surface area contributed by atoms with Crippen LogP contribution in [-0.4, -0.2) is 31.2 Å². The summed E-state index contributed by atoms with van der Waals surface area (Å²) in [6, 6.07) is 15.4. The quantitative estimate of drug-likeness (QED) is 0.548. The highest BCUT2D eigenvalue weighted by atomic mass is 35.5. The van der Waals surface area contributed by atoms with Crippen LogP contribution in [0.25, 0.3) is 11.1 Å². The average molecular weight is 443 g/mol. The summed E-state index contributed by atoms with van der Waals surface area (Å²) in [5.41, 5.74) is 6.24.